The van der Waals surface area contributed by atoms with Gasteiger partial charge in [0.2, 0.25) is 0 Å². The Kier molecular flexibility index (Phi) is 4.49. The molecule has 5 nitrogen and oxygen atoms in total. The molecule has 1 fully saturated rings. The number of rotatable bonds is 2. The highest BCUT2D eigenvalue weighted by Crippen LogP contribution is 2.20. The number of aromatic nitrogens is 1. The molecule has 7 heteroatoms. The highest BCUT2D eigenvalue weighted by atomic mass is 35.5. The minimum atomic E-state index is -0.0786. The number of thiazole rings is 1. The van der Waals surface area contributed by atoms with Crippen LogP contribution in [0.25, 0.3) is 0 Å². The number of piperazine rings is 1. The first-order chi connectivity index (χ1) is 10.6. The molecule has 0 bridgehead atoms. The summed E-state index contributed by atoms with van der Waals surface area (Å²) in [6.07, 6.45) is 1.76. The van der Waals surface area contributed by atoms with Gasteiger partial charge in [-0.1, -0.05) is 11.6 Å². The van der Waals surface area contributed by atoms with E-state index in [1.165, 1.54) is 11.3 Å². The van der Waals surface area contributed by atoms with Gasteiger partial charge in [0.15, 0.2) is 5.13 Å². The summed E-state index contributed by atoms with van der Waals surface area (Å²) in [6.45, 7) is 4.98. The summed E-state index contributed by atoms with van der Waals surface area (Å²) in [6, 6.07) is 7.72. The van der Waals surface area contributed by atoms with Crippen molar-refractivity contribution in [3.8, 4) is 0 Å². The molecule has 0 aliphatic carbocycles. The molecule has 1 aromatic heterocycles. The van der Waals surface area contributed by atoms with Gasteiger partial charge in [-0.15, -0.1) is 11.3 Å². The van der Waals surface area contributed by atoms with Crippen LogP contribution >= 0.6 is 22.9 Å². The Balaban J connectivity index is 1.54. The fraction of sp³-hybridized carbons (Fsp3) is 0.333. The Morgan fingerprint density at radius 3 is 2.50 bits per heavy atom. The number of carbonyl (C=O) groups is 1. The third kappa shape index (κ3) is 3.51. The fourth-order valence-corrected chi connectivity index (χ4v) is 3.18. The summed E-state index contributed by atoms with van der Waals surface area (Å²) in [5.74, 6) is 0. The molecule has 1 N–H and O–H groups in total. The van der Waals surface area contributed by atoms with Crippen molar-refractivity contribution in [3.63, 3.8) is 0 Å². The Hall–Kier alpha value is -1.79. The van der Waals surface area contributed by atoms with Crippen LogP contribution < -0.4 is 10.2 Å². The van der Waals surface area contributed by atoms with Gasteiger partial charge in [0, 0.05) is 48.0 Å². The van der Waals surface area contributed by atoms with Gasteiger partial charge in [0.05, 0.1) is 0 Å². The van der Waals surface area contributed by atoms with E-state index >= 15 is 0 Å². The molecule has 2 heterocycles. The second-order valence-electron chi connectivity index (χ2n) is 5.16. The maximum Gasteiger partial charge on any atom is 0.323 e. The number of aryl methyl sites for hydroxylation is 1. The largest absolute Gasteiger partial charge is 0.368 e. The molecule has 0 saturated carbocycles. The normalized spacial score (nSPS) is 15.0. The first kappa shape index (κ1) is 15.1. The Morgan fingerprint density at radius 1 is 1.23 bits per heavy atom. The molecular weight excluding hydrogens is 320 g/mol. The third-order valence-electron chi connectivity index (χ3n) is 3.59. The number of halogens is 1. The van der Waals surface area contributed by atoms with Crippen LogP contribution in [0.5, 0.6) is 0 Å². The van der Waals surface area contributed by atoms with Crippen molar-refractivity contribution < 1.29 is 4.79 Å². The van der Waals surface area contributed by atoms with Crippen LogP contribution in [0, 0.1) is 6.92 Å². The predicted molar refractivity (Wildman–Crippen MR) is 91.1 cm³/mol. The Labute approximate surface area is 138 Å². The van der Waals surface area contributed by atoms with Gasteiger partial charge in [0.1, 0.15) is 0 Å². The van der Waals surface area contributed by atoms with Crippen molar-refractivity contribution in [2.45, 2.75) is 6.92 Å². The average Bonchev–Trinajstić information content (AvgIpc) is 2.93. The molecule has 0 spiro atoms. The molecule has 1 aliphatic rings. The average molecular weight is 337 g/mol. The number of benzene rings is 1. The number of hydrogen-bond acceptors (Lipinski definition) is 4. The molecule has 1 aliphatic heterocycles. The van der Waals surface area contributed by atoms with Crippen LogP contribution in [0.15, 0.2) is 30.5 Å². The maximum absolute atomic E-state index is 12.2. The van der Waals surface area contributed by atoms with Crippen LogP contribution in [-0.4, -0.2) is 42.1 Å². The summed E-state index contributed by atoms with van der Waals surface area (Å²) in [5, 5.41) is 4.24. The smallest absolute Gasteiger partial charge is 0.323 e. The van der Waals surface area contributed by atoms with Crippen molar-refractivity contribution in [1.29, 1.82) is 0 Å². The van der Waals surface area contributed by atoms with Crippen LogP contribution in [-0.2, 0) is 0 Å². The quantitative estimate of drug-likeness (QED) is 0.913. The van der Waals surface area contributed by atoms with E-state index in [1.807, 2.05) is 36.1 Å². The topological polar surface area (TPSA) is 48.5 Å². The lowest BCUT2D eigenvalue weighted by molar-refractivity contribution is 0.208. The van der Waals surface area contributed by atoms with Crippen molar-refractivity contribution in [2.24, 2.45) is 0 Å². The molecule has 2 amide bonds. The predicted octanol–water partition coefficient (Wildman–Crippen LogP) is 3.46. The molecule has 22 heavy (non-hydrogen) atoms. The molecule has 0 radical (unpaired) electrons. The van der Waals surface area contributed by atoms with E-state index in [9.17, 15) is 4.79 Å². The molecule has 3 rings (SSSR count). The minimum absolute atomic E-state index is 0.0786. The number of hydrogen-bond donors (Lipinski definition) is 1. The monoisotopic (exact) mass is 336 g/mol. The zero-order chi connectivity index (χ0) is 15.5. The van der Waals surface area contributed by atoms with E-state index in [2.05, 4.69) is 15.2 Å². The minimum Gasteiger partial charge on any atom is -0.368 e. The summed E-state index contributed by atoms with van der Waals surface area (Å²) in [7, 11) is 0. The standard InChI is InChI=1S/C15H17ClN4OS/c1-11-10-17-14(22-11)18-15(21)20-8-6-19(7-9-20)13-4-2-12(16)3-5-13/h2-5,10H,6-9H2,1H3,(H,17,18,21). The SMILES string of the molecule is Cc1cnc(NC(=O)N2CCN(c3ccc(Cl)cc3)CC2)s1. The number of carbonyl (C=O) groups excluding carboxylic acids is 1. The second-order valence-corrected chi connectivity index (χ2v) is 6.83. The number of nitrogens with one attached hydrogen (secondary N) is 1. The van der Waals surface area contributed by atoms with Gasteiger partial charge in [-0.2, -0.15) is 0 Å². The van der Waals surface area contributed by atoms with Crippen molar-refractivity contribution in [2.75, 3.05) is 36.4 Å². The zero-order valence-corrected chi connectivity index (χ0v) is 13.8. The van der Waals surface area contributed by atoms with Gasteiger partial charge >= 0.3 is 6.03 Å². The van der Waals surface area contributed by atoms with E-state index in [1.54, 1.807) is 6.20 Å². The van der Waals surface area contributed by atoms with Gasteiger partial charge in [0.25, 0.3) is 0 Å². The van der Waals surface area contributed by atoms with E-state index in [0.29, 0.717) is 18.2 Å². The number of amides is 2. The lowest BCUT2D eigenvalue weighted by atomic mass is 10.2. The van der Waals surface area contributed by atoms with Crippen LogP contribution in [0.1, 0.15) is 4.88 Å². The summed E-state index contributed by atoms with van der Waals surface area (Å²) < 4.78 is 0. The molecular formula is C15H17ClN4OS. The highest BCUT2D eigenvalue weighted by Gasteiger charge is 2.21. The molecule has 1 aromatic carbocycles. The maximum atomic E-state index is 12.2. The second kappa shape index (κ2) is 6.54. The molecule has 2 aromatic rings. The Bertz CT molecular complexity index is 650. The van der Waals surface area contributed by atoms with Crippen molar-refractivity contribution in [1.82, 2.24) is 9.88 Å². The molecule has 116 valence electrons. The van der Waals surface area contributed by atoms with Crippen LogP contribution in [0.2, 0.25) is 5.02 Å². The van der Waals surface area contributed by atoms with Crippen LogP contribution in [0.3, 0.4) is 0 Å². The first-order valence-electron chi connectivity index (χ1n) is 7.11. The summed E-state index contributed by atoms with van der Waals surface area (Å²) >= 11 is 7.40. The van der Waals surface area contributed by atoms with Gasteiger partial charge in [-0.25, -0.2) is 9.78 Å². The lowest BCUT2D eigenvalue weighted by Gasteiger charge is -2.35. The van der Waals surface area contributed by atoms with Crippen LogP contribution in [0.4, 0.5) is 15.6 Å². The van der Waals surface area contributed by atoms with Crippen molar-refractivity contribution in [3.05, 3.63) is 40.4 Å². The van der Waals surface area contributed by atoms with E-state index in [4.69, 9.17) is 11.6 Å². The zero-order valence-electron chi connectivity index (χ0n) is 12.3. The number of nitrogens with zero attached hydrogens (tertiary/aromatic N) is 3. The van der Waals surface area contributed by atoms with Gasteiger partial charge in [-0.3, -0.25) is 5.32 Å². The summed E-state index contributed by atoms with van der Waals surface area (Å²) in [5.41, 5.74) is 1.14. The van der Waals surface area contributed by atoms with E-state index in [0.717, 1.165) is 28.7 Å². The van der Waals surface area contributed by atoms with Crippen molar-refractivity contribution >= 4 is 39.8 Å². The molecule has 0 atom stereocenters. The van der Waals surface area contributed by atoms with E-state index < -0.39 is 0 Å². The van der Waals surface area contributed by atoms with Gasteiger partial charge < -0.3 is 9.80 Å². The number of anilines is 2. The highest BCUT2D eigenvalue weighted by molar-refractivity contribution is 7.15. The number of urea groups is 1. The van der Waals surface area contributed by atoms with E-state index in [-0.39, 0.29) is 6.03 Å². The fourth-order valence-electron chi connectivity index (χ4n) is 2.40. The molecule has 1 saturated heterocycles. The summed E-state index contributed by atoms with van der Waals surface area (Å²) in [4.78, 5) is 21.5. The lowest BCUT2D eigenvalue weighted by Crippen LogP contribution is -2.50. The van der Waals surface area contributed by atoms with Gasteiger partial charge in [-0.05, 0) is 31.2 Å². The Morgan fingerprint density at radius 2 is 1.91 bits per heavy atom. The molecule has 0 unspecified atom stereocenters. The first-order valence-corrected chi connectivity index (χ1v) is 8.30. The third-order valence-corrected chi connectivity index (χ3v) is 4.67.